The molecule has 0 radical (unpaired) electrons. The third-order valence-corrected chi connectivity index (χ3v) is 4.35. The molecule has 4 rings (SSSR count). The first kappa shape index (κ1) is 18.4. The van der Waals surface area contributed by atoms with E-state index in [4.69, 9.17) is 9.84 Å². The normalized spacial score (nSPS) is 10.9. The van der Waals surface area contributed by atoms with Gasteiger partial charge in [-0.25, -0.2) is 14.5 Å². The molecule has 29 heavy (non-hydrogen) atoms. The molecular formula is C20H17N5O4. The van der Waals surface area contributed by atoms with Crippen LogP contribution in [0.15, 0.2) is 53.6 Å². The Morgan fingerprint density at radius 2 is 2.00 bits per heavy atom. The Labute approximate surface area is 164 Å². The molecule has 0 spiro atoms. The van der Waals surface area contributed by atoms with Gasteiger partial charge in [-0.05, 0) is 18.6 Å². The van der Waals surface area contributed by atoms with Crippen molar-refractivity contribution in [3.05, 3.63) is 81.4 Å². The van der Waals surface area contributed by atoms with Crippen molar-refractivity contribution < 1.29 is 14.6 Å². The molecular weight excluding hydrogens is 374 g/mol. The summed E-state index contributed by atoms with van der Waals surface area (Å²) in [4.78, 5) is 30.2. The molecule has 9 nitrogen and oxygen atoms in total. The molecule has 146 valence electrons. The highest BCUT2D eigenvalue weighted by Crippen LogP contribution is 2.14. The fraction of sp³-hybridized carbons (Fsp3) is 0.150. The minimum absolute atomic E-state index is 0.00502. The van der Waals surface area contributed by atoms with Crippen molar-refractivity contribution in [1.29, 1.82) is 0 Å². The lowest BCUT2D eigenvalue weighted by Crippen LogP contribution is -2.16. The second-order valence-electron chi connectivity index (χ2n) is 6.56. The zero-order valence-corrected chi connectivity index (χ0v) is 15.5. The van der Waals surface area contributed by atoms with Crippen molar-refractivity contribution in [3.8, 4) is 5.88 Å². The van der Waals surface area contributed by atoms with Crippen LogP contribution in [0, 0.1) is 6.92 Å². The van der Waals surface area contributed by atoms with E-state index in [2.05, 4.69) is 20.3 Å². The number of rotatable bonds is 6. The third-order valence-electron chi connectivity index (χ3n) is 4.35. The standard InChI is InChI=1S/C20H17N5O4/c1-12-2-4-13(5-3-12)9-25-10-14(23-24-25)11-29-17-7-6-16-18(22-17)19(26)15(8-21-16)20(27)28/h2-8,10H,9,11H2,1H3,(H,21,26)(H,27,28). The monoisotopic (exact) mass is 391 g/mol. The summed E-state index contributed by atoms with van der Waals surface area (Å²) in [5.74, 6) is -1.12. The van der Waals surface area contributed by atoms with E-state index in [0.29, 0.717) is 17.8 Å². The van der Waals surface area contributed by atoms with Gasteiger partial charge in [0.15, 0.2) is 0 Å². The Kier molecular flexibility index (Phi) is 4.78. The lowest BCUT2D eigenvalue weighted by Gasteiger charge is -2.05. The molecule has 2 N–H and O–H groups in total. The highest BCUT2D eigenvalue weighted by molar-refractivity contribution is 5.91. The summed E-state index contributed by atoms with van der Waals surface area (Å²) >= 11 is 0. The van der Waals surface area contributed by atoms with Crippen molar-refractivity contribution in [2.45, 2.75) is 20.1 Å². The Morgan fingerprint density at radius 3 is 2.76 bits per heavy atom. The predicted molar refractivity (Wildman–Crippen MR) is 104 cm³/mol. The second-order valence-corrected chi connectivity index (χ2v) is 6.56. The summed E-state index contributed by atoms with van der Waals surface area (Å²) in [6.45, 7) is 2.74. The number of aromatic carboxylic acids is 1. The summed E-state index contributed by atoms with van der Waals surface area (Å²) < 4.78 is 7.32. The SMILES string of the molecule is Cc1ccc(Cn2cc(COc3ccc4[nH]cc(C(=O)O)c(=O)c4n3)nn2)cc1. The maximum atomic E-state index is 12.2. The third kappa shape index (κ3) is 3.98. The van der Waals surface area contributed by atoms with Crippen LogP contribution in [0.4, 0.5) is 0 Å². The molecule has 0 unspecified atom stereocenters. The minimum atomic E-state index is -1.31. The van der Waals surface area contributed by atoms with Gasteiger partial charge in [-0.3, -0.25) is 4.79 Å². The molecule has 0 aliphatic rings. The molecule has 4 aromatic rings. The molecule has 0 bridgehead atoms. The molecule has 0 fully saturated rings. The number of benzene rings is 1. The maximum Gasteiger partial charge on any atom is 0.341 e. The van der Waals surface area contributed by atoms with Crippen LogP contribution in [0.1, 0.15) is 27.2 Å². The van der Waals surface area contributed by atoms with Gasteiger partial charge in [-0.2, -0.15) is 0 Å². The molecule has 0 saturated heterocycles. The van der Waals surface area contributed by atoms with E-state index in [-0.39, 0.29) is 23.6 Å². The van der Waals surface area contributed by atoms with E-state index in [1.54, 1.807) is 23.0 Å². The van der Waals surface area contributed by atoms with Gasteiger partial charge in [0.05, 0.1) is 18.3 Å². The Bertz CT molecular complexity index is 1240. The number of carbonyl (C=O) groups is 1. The minimum Gasteiger partial charge on any atom is -0.477 e. The molecule has 9 heteroatoms. The lowest BCUT2D eigenvalue weighted by molar-refractivity contribution is 0.0695. The van der Waals surface area contributed by atoms with Crippen LogP contribution >= 0.6 is 0 Å². The van der Waals surface area contributed by atoms with Crippen molar-refractivity contribution in [2.24, 2.45) is 0 Å². The molecule has 3 heterocycles. The molecule has 0 aliphatic carbocycles. The van der Waals surface area contributed by atoms with Crippen LogP contribution in [0.25, 0.3) is 11.0 Å². The molecule has 3 aromatic heterocycles. The van der Waals surface area contributed by atoms with Gasteiger partial charge in [-0.15, -0.1) is 5.10 Å². The Morgan fingerprint density at radius 1 is 1.21 bits per heavy atom. The number of aromatic nitrogens is 5. The van der Waals surface area contributed by atoms with Crippen molar-refractivity contribution in [3.63, 3.8) is 0 Å². The topological polar surface area (TPSA) is 123 Å². The van der Waals surface area contributed by atoms with Gasteiger partial charge in [0.25, 0.3) is 0 Å². The number of fused-ring (bicyclic) bond motifs is 1. The Balaban J connectivity index is 1.47. The highest BCUT2D eigenvalue weighted by atomic mass is 16.5. The van der Waals surface area contributed by atoms with E-state index >= 15 is 0 Å². The smallest absolute Gasteiger partial charge is 0.341 e. The zero-order valence-electron chi connectivity index (χ0n) is 15.5. The van der Waals surface area contributed by atoms with Gasteiger partial charge in [-0.1, -0.05) is 35.0 Å². The number of hydrogen-bond acceptors (Lipinski definition) is 6. The number of ether oxygens (including phenoxy) is 1. The summed E-state index contributed by atoms with van der Waals surface area (Å²) in [6.07, 6.45) is 2.93. The van der Waals surface area contributed by atoms with Gasteiger partial charge in [0, 0.05) is 12.3 Å². The first-order valence-electron chi connectivity index (χ1n) is 8.83. The van der Waals surface area contributed by atoms with E-state index in [1.807, 2.05) is 31.2 Å². The van der Waals surface area contributed by atoms with E-state index in [9.17, 15) is 9.59 Å². The van der Waals surface area contributed by atoms with Crippen molar-refractivity contribution in [2.75, 3.05) is 0 Å². The first-order chi connectivity index (χ1) is 14.0. The highest BCUT2D eigenvalue weighted by Gasteiger charge is 2.13. The van der Waals surface area contributed by atoms with Gasteiger partial charge in [0.1, 0.15) is 23.4 Å². The summed E-state index contributed by atoms with van der Waals surface area (Å²) in [6, 6.07) is 11.4. The van der Waals surface area contributed by atoms with Gasteiger partial charge >= 0.3 is 5.97 Å². The fourth-order valence-electron chi connectivity index (χ4n) is 2.82. The average molecular weight is 391 g/mol. The molecule has 0 amide bonds. The number of carboxylic acid groups (broad SMARTS) is 1. The van der Waals surface area contributed by atoms with E-state index in [1.165, 1.54) is 5.56 Å². The number of pyridine rings is 2. The molecule has 0 atom stereocenters. The first-order valence-corrected chi connectivity index (χ1v) is 8.83. The van der Waals surface area contributed by atoms with Crippen LogP contribution in [0.2, 0.25) is 0 Å². The second kappa shape index (κ2) is 7.55. The number of carboxylic acids is 1. The van der Waals surface area contributed by atoms with Gasteiger partial charge < -0.3 is 14.8 Å². The van der Waals surface area contributed by atoms with Crippen molar-refractivity contribution in [1.82, 2.24) is 25.0 Å². The lowest BCUT2D eigenvalue weighted by atomic mass is 10.1. The average Bonchev–Trinajstić information content (AvgIpc) is 3.16. The maximum absolute atomic E-state index is 12.2. The molecule has 0 aliphatic heterocycles. The van der Waals surface area contributed by atoms with Crippen LogP contribution in [0.3, 0.4) is 0 Å². The van der Waals surface area contributed by atoms with Crippen LogP contribution in [-0.4, -0.2) is 36.0 Å². The largest absolute Gasteiger partial charge is 0.477 e. The van der Waals surface area contributed by atoms with Crippen LogP contribution in [0.5, 0.6) is 5.88 Å². The van der Waals surface area contributed by atoms with Crippen LogP contribution in [-0.2, 0) is 13.2 Å². The molecule has 1 aromatic carbocycles. The van der Waals surface area contributed by atoms with E-state index < -0.39 is 11.4 Å². The fourth-order valence-corrected chi connectivity index (χ4v) is 2.82. The Hall–Kier alpha value is -4.01. The zero-order chi connectivity index (χ0) is 20.4. The predicted octanol–water partition coefficient (Wildman–Crippen LogP) is 2.15. The van der Waals surface area contributed by atoms with Crippen LogP contribution < -0.4 is 10.2 Å². The number of nitrogens with zero attached hydrogens (tertiary/aromatic N) is 4. The number of aromatic amines is 1. The molecule has 0 saturated carbocycles. The number of nitrogens with one attached hydrogen (secondary N) is 1. The number of aryl methyl sites for hydroxylation is 1. The quantitative estimate of drug-likeness (QED) is 0.516. The van der Waals surface area contributed by atoms with E-state index in [0.717, 1.165) is 11.8 Å². The summed E-state index contributed by atoms with van der Waals surface area (Å²) in [7, 11) is 0. The number of hydrogen-bond donors (Lipinski definition) is 2. The number of H-pyrrole nitrogens is 1. The van der Waals surface area contributed by atoms with Gasteiger partial charge in [0.2, 0.25) is 11.3 Å². The summed E-state index contributed by atoms with van der Waals surface area (Å²) in [5.41, 5.74) is 2.30. The van der Waals surface area contributed by atoms with Crippen molar-refractivity contribution >= 4 is 17.0 Å². The summed E-state index contributed by atoms with van der Waals surface area (Å²) in [5, 5.41) is 17.2.